The van der Waals surface area contributed by atoms with Crippen LogP contribution in [0.5, 0.6) is 5.75 Å². The zero-order valence-electron chi connectivity index (χ0n) is 18.1. The Morgan fingerprint density at radius 3 is 2.78 bits per heavy atom. The van der Waals surface area contributed by atoms with Crippen molar-refractivity contribution in [2.24, 2.45) is 0 Å². The average Bonchev–Trinajstić information content (AvgIpc) is 3.39. The molecule has 0 unspecified atom stereocenters. The number of benzene rings is 2. The summed E-state index contributed by atoms with van der Waals surface area (Å²) in [7, 11) is -0.618. The third-order valence-electron chi connectivity index (χ3n) is 5.72. The van der Waals surface area contributed by atoms with Gasteiger partial charge in [-0.1, -0.05) is 41.7 Å². The van der Waals surface area contributed by atoms with Crippen LogP contribution < -0.4 is 19.7 Å². The summed E-state index contributed by atoms with van der Waals surface area (Å²) >= 11 is 0.996. The molecule has 0 amide bonds. The number of methoxy groups -OCH3 is 1. The number of hydrogen-bond donors (Lipinski definition) is 2. The number of nitrogens with zero attached hydrogens (tertiary/aromatic N) is 3. The molecule has 4 rings (SSSR count). The van der Waals surface area contributed by atoms with Crippen molar-refractivity contribution in [1.29, 1.82) is 0 Å². The Balaban J connectivity index is 1.54. The molecule has 0 bridgehead atoms. The van der Waals surface area contributed by atoms with Gasteiger partial charge in [0.25, 0.3) is 14.4 Å². The third kappa shape index (κ3) is 4.78. The van der Waals surface area contributed by atoms with Crippen LogP contribution in [-0.4, -0.2) is 45.4 Å². The molecule has 3 aromatic rings. The average molecular weight is 474 g/mol. The van der Waals surface area contributed by atoms with Gasteiger partial charge in [-0.2, -0.15) is 8.42 Å². The van der Waals surface area contributed by atoms with E-state index < -0.39 is 10.0 Å². The van der Waals surface area contributed by atoms with E-state index in [-0.39, 0.29) is 16.4 Å². The van der Waals surface area contributed by atoms with Crippen molar-refractivity contribution in [2.45, 2.75) is 35.8 Å². The normalized spacial score (nSPS) is 18.9. The first-order valence-corrected chi connectivity index (χ1v) is 12.8. The molecule has 1 fully saturated rings. The Hall–Kier alpha value is -2.53. The summed E-state index contributed by atoms with van der Waals surface area (Å²) in [6.45, 7) is 1.55. The maximum absolute atomic E-state index is 12.8. The zero-order chi connectivity index (χ0) is 22.6. The van der Waals surface area contributed by atoms with Crippen LogP contribution in [0.2, 0.25) is 0 Å². The highest BCUT2D eigenvalue weighted by Crippen LogP contribution is 2.29. The molecule has 2 heterocycles. The first-order valence-electron chi connectivity index (χ1n) is 10.4. The van der Waals surface area contributed by atoms with Gasteiger partial charge in [-0.05, 0) is 43.1 Å². The van der Waals surface area contributed by atoms with E-state index in [0.717, 1.165) is 36.3 Å². The number of rotatable bonds is 8. The molecule has 8 nitrogen and oxygen atoms in total. The lowest BCUT2D eigenvalue weighted by molar-refractivity contribution is 0.303. The van der Waals surface area contributed by atoms with Crippen LogP contribution in [0.4, 0.5) is 5.69 Å². The second-order valence-electron chi connectivity index (χ2n) is 7.65. The van der Waals surface area contributed by atoms with Crippen LogP contribution in [0.3, 0.4) is 0 Å². The lowest BCUT2D eigenvalue weighted by atomic mass is 9.92. The second-order valence-corrected chi connectivity index (χ2v) is 10.6. The number of aromatic nitrogens is 2. The number of hydrogen-bond acceptors (Lipinski definition) is 8. The molecule has 1 aliphatic rings. The van der Waals surface area contributed by atoms with Crippen LogP contribution in [0.15, 0.2) is 58.4 Å². The fraction of sp³-hybridized carbons (Fsp3) is 0.364. The van der Waals surface area contributed by atoms with Crippen molar-refractivity contribution >= 4 is 27.0 Å². The summed E-state index contributed by atoms with van der Waals surface area (Å²) in [6, 6.07) is 16.3. The number of sulfonamides is 1. The summed E-state index contributed by atoms with van der Waals surface area (Å²) in [6.07, 6.45) is 2.15. The van der Waals surface area contributed by atoms with E-state index in [9.17, 15) is 8.42 Å². The SMILES string of the molecule is COc1ccc(N(C)S(=O)(=O)c2nncs2)cc1CN[C@H]1CCCN[C@H]1c1ccccc1. The van der Waals surface area contributed by atoms with Crippen molar-refractivity contribution < 1.29 is 13.2 Å². The second kappa shape index (κ2) is 9.95. The maximum atomic E-state index is 12.8. The van der Waals surface area contributed by atoms with Crippen LogP contribution in [0.25, 0.3) is 0 Å². The van der Waals surface area contributed by atoms with Crippen molar-refractivity contribution in [3.8, 4) is 5.75 Å². The molecule has 2 N–H and O–H groups in total. The lowest BCUT2D eigenvalue weighted by Gasteiger charge is -2.34. The molecule has 170 valence electrons. The highest BCUT2D eigenvalue weighted by Gasteiger charge is 2.27. The first kappa shape index (κ1) is 22.7. The van der Waals surface area contributed by atoms with Crippen LogP contribution in [-0.2, 0) is 16.6 Å². The highest BCUT2D eigenvalue weighted by atomic mass is 32.2. The molecule has 1 aliphatic heterocycles. The van der Waals surface area contributed by atoms with E-state index in [1.54, 1.807) is 19.2 Å². The predicted octanol–water partition coefficient (Wildman–Crippen LogP) is 2.95. The summed E-state index contributed by atoms with van der Waals surface area (Å²) in [4.78, 5) is 0. The molecule has 1 aromatic heterocycles. The fourth-order valence-electron chi connectivity index (χ4n) is 3.99. The molecule has 10 heteroatoms. The van der Waals surface area contributed by atoms with Gasteiger partial charge in [-0.25, -0.2) is 0 Å². The minimum absolute atomic E-state index is 0.0329. The summed E-state index contributed by atoms with van der Waals surface area (Å²) in [5.41, 5.74) is 4.10. The molecular weight excluding hydrogens is 446 g/mol. The Morgan fingerprint density at radius 2 is 2.06 bits per heavy atom. The number of ether oxygens (including phenoxy) is 1. The lowest BCUT2D eigenvalue weighted by Crippen LogP contribution is -2.45. The molecule has 32 heavy (non-hydrogen) atoms. The van der Waals surface area contributed by atoms with Gasteiger partial charge in [0, 0.05) is 31.2 Å². The van der Waals surface area contributed by atoms with Gasteiger partial charge in [-0.3, -0.25) is 4.31 Å². The zero-order valence-corrected chi connectivity index (χ0v) is 19.7. The third-order valence-corrected chi connectivity index (χ3v) is 8.58. The van der Waals surface area contributed by atoms with E-state index >= 15 is 0 Å². The highest BCUT2D eigenvalue weighted by molar-refractivity contribution is 7.94. The minimum atomic E-state index is -3.76. The van der Waals surface area contributed by atoms with Gasteiger partial charge in [-0.15, -0.1) is 10.2 Å². The number of piperidine rings is 1. The predicted molar refractivity (Wildman–Crippen MR) is 126 cm³/mol. The molecule has 1 saturated heterocycles. The topological polar surface area (TPSA) is 96.5 Å². The van der Waals surface area contributed by atoms with Crippen molar-refractivity contribution in [3.63, 3.8) is 0 Å². The quantitative estimate of drug-likeness (QED) is 0.519. The number of anilines is 1. The molecule has 0 radical (unpaired) electrons. The molecule has 0 spiro atoms. The maximum Gasteiger partial charge on any atom is 0.293 e. The van der Waals surface area contributed by atoms with E-state index in [1.165, 1.54) is 22.4 Å². The van der Waals surface area contributed by atoms with Crippen molar-refractivity contribution in [2.75, 3.05) is 25.0 Å². The number of nitrogens with one attached hydrogen (secondary N) is 2. The van der Waals surface area contributed by atoms with Crippen LogP contribution >= 0.6 is 11.3 Å². The molecule has 2 atom stereocenters. The van der Waals surface area contributed by atoms with Gasteiger partial charge in [0.1, 0.15) is 11.3 Å². The monoisotopic (exact) mass is 473 g/mol. The van der Waals surface area contributed by atoms with Crippen LogP contribution in [0, 0.1) is 0 Å². The molecule has 0 saturated carbocycles. The van der Waals surface area contributed by atoms with Crippen molar-refractivity contribution in [3.05, 3.63) is 65.2 Å². The Kier molecular flexibility index (Phi) is 7.04. The van der Waals surface area contributed by atoms with Gasteiger partial charge in [0.2, 0.25) is 0 Å². The summed E-state index contributed by atoms with van der Waals surface area (Å²) in [5.74, 6) is 0.711. The molecular formula is C22H27N5O3S2. The smallest absolute Gasteiger partial charge is 0.293 e. The largest absolute Gasteiger partial charge is 0.496 e. The fourth-order valence-corrected chi connectivity index (χ4v) is 6.00. The van der Waals surface area contributed by atoms with Gasteiger partial charge in [0.05, 0.1) is 12.8 Å². The van der Waals surface area contributed by atoms with Gasteiger partial charge in [0.15, 0.2) is 0 Å². The molecule has 0 aliphatic carbocycles. The summed E-state index contributed by atoms with van der Waals surface area (Å²) < 4.78 is 32.4. The van der Waals surface area contributed by atoms with Gasteiger partial charge < -0.3 is 15.4 Å². The van der Waals surface area contributed by atoms with Crippen molar-refractivity contribution in [1.82, 2.24) is 20.8 Å². The Labute approximate surface area is 192 Å². The van der Waals surface area contributed by atoms with E-state index in [4.69, 9.17) is 4.74 Å². The van der Waals surface area contributed by atoms with Gasteiger partial charge >= 0.3 is 0 Å². The Bertz CT molecular complexity index is 1120. The van der Waals surface area contributed by atoms with Crippen LogP contribution in [0.1, 0.15) is 30.0 Å². The summed E-state index contributed by atoms with van der Waals surface area (Å²) in [5, 5.41) is 14.7. The minimum Gasteiger partial charge on any atom is -0.496 e. The first-order chi connectivity index (χ1) is 15.5. The Morgan fingerprint density at radius 1 is 1.25 bits per heavy atom. The van der Waals surface area contributed by atoms with E-state index in [1.807, 2.05) is 12.1 Å². The standard InChI is InChI=1S/C22H27N5O3S2/c1-27(32(28,29)22-26-25-15-31-22)18-10-11-20(30-2)17(13-18)14-24-19-9-6-12-23-21(19)16-7-4-3-5-8-16/h3-5,7-8,10-11,13,15,19,21,23-24H,6,9,12,14H2,1-2H3/t19-,21-/m0/s1. The van der Waals surface area contributed by atoms with E-state index in [0.29, 0.717) is 18.0 Å². The van der Waals surface area contributed by atoms with E-state index in [2.05, 4.69) is 45.1 Å². The molecule has 2 aromatic carbocycles.